The highest BCUT2D eigenvalue weighted by Crippen LogP contribution is 2.21. The summed E-state index contributed by atoms with van der Waals surface area (Å²) in [7, 11) is 0. The molecule has 0 radical (unpaired) electrons. The molecule has 3 rings (SSSR count). The van der Waals surface area contributed by atoms with Crippen molar-refractivity contribution in [2.24, 2.45) is 0 Å². The van der Waals surface area contributed by atoms with Crippen molar-refractivity contribution in [2.45, 2.75) is 13.0 Å². The van der Waals surface area contributed by atoms with Gasteiger partial charge in [0.15, 0.2) is 0 Å². The predicted molar refractivity (Wildman–Crippen MR) is 64.6 cm³/mol. The fourth-order valence-corrected chi connectivity index (χ4v) is 2.36. The second-order valence-corrected chi connectivity index (χ2v) is 4.73. The smallest absolute Gasteiger partial charge is 0.0750 e. The summed E-state index contributed by atoms with van der Waals surface area (Å²) < 4.78 is 8.48. The van der Waals surface area contributed by atoms with Gasteiger partial charge in [-0.15, -0.1) is 0 Å². The van der Waals surface area contributed by atoms with Gasteiger partial charge in [-0.05, 0) is 18.2 Å². The van der Waals surface area contributed by atoms with E-state index in [9.17, 15) is 0 Å². The van der Waals surface area contributed by atoms with E-state index >= 15 is 0 Å². The number of ether oxygens (including phenoxy) is 1. The summed E-state index contributed by atoms with van der Waals surface area (Å²) in [5, 5.41) is 4.42. The zero-order valence-electron chi connectivity index (χ0n) is 8.69. The molecule has 0 amide bonds. The van der Waals surface area contributed by atoms with Crippen molar-refractivity contribution < 1.29 is 4.74 Å². The second kappa shape index (κ2) is 4.03. The van der Waals surface area contributed by atoms with Crippen molar-refractivity contribution >= 4 is 15.9 Å². The van der Waals surface area contributed by atoms with Crippen LogP contribution in [0.15, 0.2) is 34.9 Å². The van der Waals surface area contributed by atoms with Gasteiger partial charge in [-0.25, -0.2) is 4.68 Å². The third-order valence-corrected chi connectivity index (χ3v) is 3.24. The predicted octanol–water partition coefficient (Wildman–Crippen LogP) is 2.71. The Morgan fingerprint density at radius 3 is 3.19 bits per heavy atom. The van der Waals surface area contributed by atoms with Crippen LogP contribution in [-0.2, 0) is 17.8 Å². The highest BCUT2D eigenvalue weighted by Gasteiger charge is 2.16. The summed E-state index contributed by atoms with van der Waals surface area (Å²) >= 11 is 3.48. The number of nitrogens with zero attached hydrogens (tertiary/aromatic N) is 2. The minimum absolute atomic E-state index is 0.684. The second-order valence-electron chi connectivity index (χ2n) is 3.81. The maximum Gasteiger partial charge on any atom is 0.0750 e. The van der Waals surface area contributed by atoms with Crippen molar-refractivity contribution in [3.05, 3.63) is 46.2 Å². The maximum absolute atomic E-state index is 5.41. The van der Waals surface area contributed by atoms with Gasteiger partial charge in [0.1, 0.15) is 0 Å². The molecule has 0 fully saturated rings. The maximum atomic E-state index is 5.41. The lowest BCUT2D eigenvalue weighted by atomic mass is 10.1. The molecule has 0 saturated heterocycles. The zero-order valence-corrected chi connectivity index (χ0v) is 10.3. The molecular formula is C12H11BrN2O. The van der Waals surface area contributed by atoms with Gasteiger partial charge in [-0.1, -0.05) is 22.0 Å². The van der Waals surface area contributed by atoms with Crippen LogP contribution in [0.1, 0.15) is 11.3 Å². The fourth-order valence-electron chi connectivity index (χ4n) is 1.98. The molecule has 4 heteroatoms. The van der Waals surface area contributed by atoms with E-state index < -0.39 is 0 Å². The Kier molecular flexibility index (Phi) is 2.53. The van der Waals surface area contributed by atoms with Gasteiger partial charge in [0, 0.05) is 16.5 Å². The molecule has 2 aromatic rings. The molecule has 1 aromatic carbocycles. The summed E-state index contributed by atoms with van der Waals surface area (Å²) in [6, 6.07) is 8.17. The third-order valence-electron chi connectivity index (χ3n) is 2.75. The van der Waals surface area contributed by atoms with E-state index in [1.807, 2.05) is 23.0 Å². The summed E-state index contributed by atoms with van der Waals surface area (Å²) in [5.41, 5.74) is 3.56. The molecule has 0 N–H and O–H groups in total. The average Bonchev–Trinajstić information content (AvgIpc) is 2.72. The van der Waals surface area contributed by atoms with Crippen LogP contribution in [0.5, 0.6) is 0 Å². The fraction of sp³-hybridized carbons (Fsp3) is 0.250. The molecule has 1 aliphatic heterocycles. The topological polar surface area (TPSA) is 27.1 Å². The van der Waals surface area contributed by atoms with Gasteiger partial charge in [0.25, 0.3) is 0 Å². The zero-order chi connectivity index (χ0) is 11.0. The van der Waals surface area contributed by atoms with Crippen molar-refractivity contribution in [1.29, 1.82) is 0 Å². The van der Waals surface area contributed by atoms with Crippen LogP contribution < -0.4 is 0 Å². The monoisotopic (exact) mass is 278 g/mol. The Hall–Kier alpha value is -1.13. The van der Waals surface area contributed by atoms with Gasteiger partial charge in [-0.2, -0.15) is 5.10 Å². The lowest BCUT2D eigenvalue weighted by molar-refractivity contribution is 0.109. The van der Waals surface area contributed by atoms with Gasteiger partial charge < -0.3 is 4.74 Å². The van der Waals surface area contributed by atoms with Crippen LogP contribution in [0, 0.1) is 0 Å². The third kappa shape index (κ3) is 1.68. The first kappa shape index (κ1) is 10.1. The first-order valence-corrected chi connectivity index (χ1v) is 6.03. The highest BCUT2D eigenvalue weighted by molar-refractivity contribution is 9.10. The number of hydrogen-bond acceptors (Lipinski definition) is 2. The number of fused-ring (bicyclic) bond motifs is 1. The first-order chi connectivity index (χ1) is 7.84. The van der Waals surface area contributed by atoms with E-state index in [0.29, 0.717) is 6.61 Å². The van der Waals surface area contributed by atoms with Crippen LogP contribution in [0.2, 0.25) is 0 Å². The standard InChI is InChI=1S/C12H11BrN2O/c13-10-2-1-3-11(6-10)15-12-4-5-16-8-9(12)7-14-15/h1-3,6-7H,4-5,8H2. The number of aromatic nitrogens is 2. The molecule has 3 nitrogen and oxygen atoms in total. The Morgan fingerprint density at radius 1 is 1.38 bits per heavy atom. The molecule has 2 heterocycles. The summed E-state index contributed by atoms with van der Waals surface area (Å²) in [6.07, 6.45) is 2.83. The molecule has 0 atom stereocenters. The first-order valence-electron chi connectivity index (χ1n) is 5.24. The molecule has 0 unspecified atom stereocenters. The van der Waals surface area contributed by atoms with E-state index in [-0.39, 0.29) is 0 Å². The number of rotatable bonds is 1. The van der Waals surface area contributed by atoms with Gasteiger partial charge >= 0.3 is 0 Å². The lowest BCUT2D eigenvalue weighted by Gasteiger charge is -2.14. The van der Waals surface area contributed by atoms with E-state index in [1.165, 1.54) is 11.3 Å². The minimum Gasteiger partial charge on any atom is -0.376 e. The van der Waals surface area contributed by atoms with Crippen LogP contribution in [0.3, 0.4) is 0 Å². The Morgan fingerprint density at radius 2 is 2.31 bits per heavy atom. The normalized spacial score (nSPS) is 14.8. The van der Waals surface area contributed by atoms with Crippen molar-refractivity contribution in [3.8, 4) is 5.69 Å². The Balaban J connectivity index is 2.09. The number of halogens is 1. The van der Waals surface area contributed by atoms with Crippen LogP contribution >= 0.6 is 15.9 Å². The molecule has 0 aliphatic carbocycles. The molecule has 16 heavy (non-hydrogen) atoms. The molecule has 0 bridgehead atoms. The van der Waals surface area contributed by atoms with Crippen molar-refractivity contribution in [1.82, 2.24) is 9.78 Å². The van der Waals surface area contributed by atoms with E-state index in [4.69, 9.17) is 4.74 Å². The lowest BCUT2D eigenvalue weighted by Crippen LogP contribution is -2.12. The van der Waals surface area contributed by atoms with E-state index in [2.05, 4.69) is 33.2 Å². The minimum atomic E-state index is 0.684. The van der Waals surface area contributed by atoms with Crippen molar-refractivity contribution in [3.63, 3.8) is 0 Å². The van der Waals surface area contributed by atoms with Gasteiger partial charge in [0.2, 0.25) is 0 Å². The molecule has 1 aromatic heterocycles. The molecular weight excluding hydrogens is 268 g/mol. The molecule has 0 spiro atoms. The van der Waals surface area contributed by atoms with Gasteiger partial charge in [-0.3, -0.25) is 0 Å². The quantitative estimate of drug-likeness (QED) is 0.802. The summed E-state index contributed by atoms with van der Waals surface area (Å²) in [5.74, 6) is 0. The molecule has 82 valence electrons. The largest absolute Gasteiger partial charge is 0.376 e. The van der Waals surface area contributed by atoms with Crippen LogP contribution in [0.25, 0.3) is 5.69 Å². The number of benzene rings is 1. The van der Waals surface area contributed by atoms with Crippen molar-refractivity contribution in [2.75, 3.05) is 6.61 Å². The van der Waals surface area contributed by atoms with Crippen LogP contribution in [0.4, 0.5) is 0 Å². The molecule has 1 aliphatic rings. The number of hydrogen-bond donors (Lipinski definition) is 0. The SMILES string of the molecule is Brc1cccc(-n2ncc3c2CCOC3)c1. The van der Waals surface area contributed by atoms with Gasteiger partial charge in [0.05, 0.1) is 30.8 Å². The summed E-state index contributed by atoms with van der Waals surface area (Å²) in [6.45, 7) is 1.47. The highest BCUT2D eigenvalue weighted by atomic mass is 79.9. The van der Waals surface area contributed by atoms with Crippen LogP contribution in [-0.4, -0.2) is 16.4 Å². The van der Waals surface area contributed by atoms with E-state index in [1.54, 1.807) is 0 Å². The summed E-state index contributed by atoms with van der Waals surface area (Å²) in [4.78, 5) is 0. The molecule has 0 saturated carbocycles. The Labute approximate surface area is 102 Å². The average molecular weight is 279 g/mol. The van der Waals surface area contributed by atoms with E-state index in [0.717, 1.165) is 23.2 Å². The Bertz CT molecular complexity index is 521.